The molecule has 0 aromatic carbocycles. The van der Waals surface area contributed by atoms with Crippen molar-refractivity contribution in [2.45, 2.75) is 39.4 Å². The van der Waals surface area contributed by atoms with E-state index in [1.54, 1.807) is 0 Å². The second-order valence-corrected chi connectivity index (χ2v) is 2.79. The molecule has 1 N–H and O–H groups in total. The molecule has 13 heavy (non-hydrogen) atoms. The summed E-state index contributed by atoms with van der Waals surface area (Å²) < 4.78 is 9.59. The highest BCUT2D eigenvalue weighted by atomic mass is 16.6. The Hall–Kier alpha value is -0.610. The summed E-state index contributed by atoms with van der Waals surface area (Å²) in [6, 6.07) is 0. The van der Waals surface area contributed by atoms with Crippen LogP contribution in [0.1, 0.15) is 33.1 Å². The van der Waals surface area contributed by atoms with E-state index in [-0.39, 0.29) is 19.2 Å². The Balaban J connectivity index is 3.17. The van der Waals surface area contributed by atoms with Gasteiger partial charge in [-0.1, -0.05) is 13.3 Å². The summed E-state index contributed by atoms with van der Waals surface area (Å²) in [5, 5.41) is 8.70. The SMILES string of the molecule is CCCCC(=O)OCCOC(C)O. The van der Waals surface area contributed by atoms with Crippen molar-refractivity contribution in [2.24, 2.45) is 0 Å². The molecular formula is C9H18O4. The Morgan fingerprint density at radius 3 is 2.69 bits per heavy atom. The van der Waals surface area contributed by atoms with Crippen LogP contribution in [0.4, 0.5) is 0 Å². The topological polar surface area (TPSA) is 55.8 Å². The Kier molecular flexibility index (Phi) is 7.63. The highest BCUT2D eigenvalue weighted by Gasteiger charge is 2.01. The van der Waals surface area contributed by atoms with Crippen LogP contribution in [0.25, 0.3) is 0 Å². The quantitative estimate of drug-likeness (QED) is 0.371. The van der Waals surface area contributed by atoms with E-state index in [4.69, 9.17) is 14.6 Å². The lowest BCUT2D eigenvalue weighted by atomic mass is 10.2. The molecule has 0 spiro atoms. The van der Waals surface area contributed by atoms with Gasteiger partial charge in [0.2, 0.25) is 0 Å². The van der Waals surface area contributed by atoms with Gasteiger partial charge in [-0.05, 0) is 13.3 Å². The zero-order valence-electron chi connectivity index (χ0n) is 8.28. The van der Waals surface area contributed by atoms with Crippen LogP contribution in [-0.2, 0) is 14.3 Å². The molecule has 0 aliphatic carbocycles. The van der Waals surface area contributed by atoms with Gasteiger partial charge in [-0.2, -0.15) is 0 Å². The Morgan fingerprint density at radius 1 is 1.46 bits per heavy atom. The molecule has 0 aliphatic heterocycles. The van der Waals surface area contributed by atoms with Crippen LogP contribution in [0.2, 0.25) is 0 Å². The molecule has 0 heterocycles. The molecule has 0 saturated carbocycles. The van der Waals surface area contributed by atoms with Crippen molar-refractivity contribution in [3.8, 4) is 0 Å². The first kappa shape index (κ1) is 12.4. The van der Waals surface area contributed by atoms with Crippen LogP contribution >= 0.6 is 0 Å². The second kappa shape index (κ2) is 8.01. The van der Waals surface area contributed by atoms with Gasteiger partial charge in [-0.3, -0.25) is 4.79 Å². The number of aliphatic hydroxyl groups excluding tert-OH is 1. The number of esters is 1. The van der Waals surface area contributed by atoms with Gasteiger partial charge in [-0.25, -0.2) is 0 Å². The molecular weight excluding hydrogens is 172 g/mol. The normalized spacial score (nSPS) is 12.5. The Bertz CT molecular complexity index is 134. The fraction of sp³-hybridized carbons (Fsp3) is 0.889. The average Bonchev–Trinajstić information content (AvgIpc) is 2.08. The van der Waals surface area contributed by atoms with Gasteiger partial charge in [0, 0.05) is 6.42 Å². The van der Waals surface area contributed by atoms with Crippen LogP contribution in [0.5, 0.6) is 0 Å². The smallest absolute Gasteiger partial charge is 0.305 e. The van der Waals surface area contributed by atoms with Gasteiger partial charge in [0.1, 0.15) is 6.61 Å². The number of carbonyl (C=O) groups is 1. The molecule has 0 bridgehead atoms. The van der Waals surface area contributed by atoms with Crippen molar-refractivity contribution in [2.75, 3.05) is 13.2 Å². The third kappa shape index (κ3) is 9.30. The van der Waals surface area contributed by atoms with Crippen molar-refractivity contribution in [3.05, 3.63) is 0 Å². The van der Waals surface area contributed by atoms with E-state index in [9.17, 15) is 4.79 Å². The maximum Gasteiger partial charge on any atom is 0.305 e. The molecule has 0 amide bonds. The minimum absolute atomic E-state index is 0.198. The number of hydrogen-bond acceptors (Lipinski definition) is 4. The monoisotopic (exact) mass is 190 g/mol. The van der Waals surface area contributed by atoms with E-state index in [0.717, 1.165) is 12.8 Å². The van der Waals surface area contributed by atoms with Crippen molar-refractivity contribution < 1.29 is 19.4 Å². The molecule has 0 saturated heterocycles. The number of rotatable bonds is 7. The first-order valence-corrected chi connectivity index (χ1v) is 4.62. The highest BCUT2D eigenvalue weighted by molar-refractivity contribution is 5.69. The van der Waals surface area contributed by atoms with Crippen LogP contribution in [0.3, 0.4) is 0 Å². The molecule has 0 rings (SSSR count). The van der Waals surface area contributed by atoms with Gasteiger partial charge < -0.3 is 14.6 Å². The van der Waals surface area contributed by atoms with E-state index in [1.807, 2.05) is 6.92 Å². The number of hydrogen-bond donors (Lipinski definition) is 1. The molecule has 0 fully saturated rings. The maximum absolute atomic E-state index is 10.9. The maximum atomic E-state index is 10.9. The molecule has 78 valence electrons. The van der Waals surface area contributed by atoms with Crippen LogP contribution in [0, 0.1) is 0 Å². The molecule has 0 aromatic rings. The zero-order valence-corrected chi connectivity index (χ0v) is 8.28. The molecule has 1 unspecified atom stereocenters. The van der Waals surface area contributed by atoms with Gasteiger partial charge in [0.15, 0.2) is 6.29 Å². The lowest BCUT2D eigenvalue weighted by Crippen LogP contribution is -2.14. The van der Waals surface area contributed by atoms with E-state index in [2.05, 4.69) is 0 Å². The van der Waals surface area contributed by atoms with Crippen LogP contribution in [-0.4, -0.2) is 30.6 Å². The van der Waals surface area contributed by atoms with Gasteiger partial charge >= 0.3 is 5.97 Å². The van der Waals surface area contributed by atoms with E-state index in [1.165, 1.54) is 6.92 Å². The van der Waals surface area contributed by atoms with E-state index < -0.39 is 6.29 Å². The number of ether oxygens (including phenoxy) is 2. The zero-order chi connectivity index (χ0) is 10.1. The van der Waals surface area contributed by atoms with Crippen LogP contribution < -0.4 is 0 Å². The van der Waals surface area contributed by atoms with Gasteiger partial charge in [0.25, 0.3) is 0 Å². The van der Waals surface area contributed by atoms with Crippen LogP contribution in [0.15, 0.2) is 0 Å². The fourth-order valence-electron chi connectivity index (χ4n) is 0.767. The van der Waals surface area contributed by atoms with Gasteiger partial charge in [-0.15, -0.1) is 0 Å². The number of carbonyl (C=O) groups excluding carboxylic acids is 1. The van der Waals surface area contributed by atoms with Crippen molar-refractivity contribution >= 4 is 5.97 Å². The number of aliphatic hydroxyl groups is 1. The summed E-state index contributed by atoms with van der Waals surface area (Å²) in [5.41, 5.74) is 0. The molecule has 4 nitrogen and oxygen atoms in total. The fourth-order valence-corrected chi connectivity index (χ4v) is 0.767. The summed E-state index contributed by atoms with van der Waals surface area (Å²) >= 11 is 0. The molecule has 0 radical (unpaired) electrons. The molecule has 0 aromatic heterocycles. The van der Waals surface area contributed by atoms with Crippen molar-refractivity contribution in [3.63, 3.8) is 0 Å². The van der Waals surface area contributed by atoms with Crippen molar-refractivity contribution in [1.29, 1.82) is 0 Å². The lowest BCUT2D eigenvalue weighted by molar-refractivity contribution is -0.149. The summed E-state index contributed by atoms with van der Waals surface area (Å²) in [5.74, 6) is -0.198. The average molecular weight is 190 g/mol. The molecule has 1 atom stereocenters. The van der Waals surface area contributed by atoms with E-state index in [0.29, 0.717) is 6.42 Å². The summed E-state index contributed by atoms with van der Waals surface area (Å²) in [6.07, 6.45) is 1.51. The first-order valence-electron chi connectivity index (χ1n) is 4.62. The van der Waals surface area contributed by atoms with E-state index >= 15 is 0 Å². The predicted molar refractivity (Wildman–Crippen MR) is 48.1 cm³/mol. The first-order chi connectivity index (χ1) is 6.16. The largest absolute Gasteiger partial charge is 0.463 e. The summed E-state index contributed by atoms with van der Waals surface area (Å²) in [6.45, 7) is 3.99. The molecule has 4 heteroatoms. The second-order valence-electron chi connectivity index (χ2n) is 2.79. The lowest BCUT2D eigenvalue weighted by Gasteiger charge is -2.07. The van der Waals surface area contributed by atoms with Gasteiger partial charge in [0.05, 0.1) is 6.61 Å². The molecule has 0 aliphatic rings. The third-order valence-electron chi connectivity index (χ3n) is 1.44. The third-order valence-corrected chi connectivity index (χ3v) is 1.44. The minimum atomic E-state index is -0.797. The summed E-state index contributed by atoms with van der Waals surface area (Å²) in [7, 11) is 0. The predicted octanol–water partition coefficient (Wildman–Crippen LogP) is 1.07. The minimum Gasteiger partial charge on any atom is -0.463 e. The number of unbranched alkanes of at least 4 members (excludes halogenated alkanes) is 1. The standard InChI is InChI=1S/C9H18O4/c1-3-4-5-9(11)13-7-6-12-8(2)10/h8,10H,3-7H2,1-2H3. The summed E-state index contributed by atoms with van der Waals surface area (Å²) in [4.78, 5) is 10.9. The highest BCUT2D eigenvalue weighted by Crippen LogP contribution is 1.96. The Labute approximate surface area is 78.8 Å². The van der Waals surface area contributed by atoms with Crippen molar-refractivity contribution in [1.82, 2.24) is 0 Å². The Morgan fingerprint density at radius 2 is 2.15 bits per heavy atom.